The molecule has 1 nitrogen and oxygen atoms in total. The number of furan rings is 1. The van der Waals surface area contributed by atoms with E-state index in [1.54, 1.807) is 5.56 Å². The number of hydrogen-bond acceptors (Lipinski definition) is 1. The van der Waals surface area contributed by atoms with Crippen LogP contribution in [-0.2, 0) is 0 Å². The molecule has 4 aliphatic carbocycles. The SMILES string of the molecule is c1ccc2c(c1)oc1ccc(C3C4CC5CC(C4)CC3C5)cc12. The molecule has 1 heterocycles. The van der Waals surface area contributed by atoms with Crippen LogP contribution < -0.4 is 0 Å². The van der Waals surface area contributed by atoms with E-state index in [0.717, 1.165) is 40.8 Å². The summed E-state index contributed by atoms with van der Waals surface area (Å²) >= 11 is 0. The predicted octanol–water partition coefficient (Wildman–Crippen LogP) is 6.13. The second-order valence-corrected chi connectivity index (χ2v) is 8.31. The number of benzene rings is 2. The smallest absolute Gasteiger partial charge is 0.135 e. The second kappa shape index (κ2) is 4.41. The van der Waals surface area contributed by atoms with E-state index in [1.807, 2.05) is 0 Å². The third kappa shape index (κ3) is 1.74. The maximum absolute atomic E-state index is 6.01. The maximum atomic E-state index is 6.01. The van der Waals surface area contributed by atoms with Gasteiger partial charge in [0.2, 0.25) is 0 Å². The Morgan fingerprint density at radius 1 is 0.696 bits per heavy atom. The molecule has 0 atom stereocenters. The van der Waals surface area contributed by atoms with Gasteiger partial charge in [0.25, 0.3) is 0 Å². The van der Waals surface area contributed by atoms with Gasteiger partial charge in [0.15, 0.2) is 0 Å². The molecule has 2 aromatic carbocycles. The van der Waals surface area contributed by atoms with Crippen LogP contribution in [0.25, 0.3) is 21.9 Å². The van der Waals surface area contributed by atoms with Gasteiger partial charge in [-0.05, 0) is 85.5 Å². The highest BCUT2D eigenvalue weighted by Gasteiger charge is 2.48. The number of fused-ring (bicyclic) bond motifs is 3. The Bertz CT molecular complexity index is 875. The van der Waals surface area contributed by atoms with Gasteiger partial charge in [-0.1, -0.05) is 24.3 Å². The average molecular weight is 302 g/mol. The van der Waals surface area contributed by atoms with Gasteiger partial charge < -0.3 is 4.42 Å². The van der Waals surface area contributed by atoms with Crippen molar-refractivity contribution in [1.82, 2.24) is 0 Å². The van der Waals surface area contributed by atoms with Crippen molar-refractivity contribution in [2.45, 2.75) is 38.0 Å². The molecule has 0 spiro atoms. The zero-order chi connectivity index (χ0) is 15.0. The molecule has 4 aliphatic rings. The normalized spacial score (nSPS) is 35.4. The first-order valence-electron chi connectivity index (χ1n) is 9.26. The molecule has 3 aromatic rings. The van der Waals surface area contributed by atoms with Crippen LogP contribution >= 0.6 is 0 Å². The van der Waals surface area contributed by atoms with Crippen LogP contribution in [0.1, 0.15) is 43.6 Å². The molecular formula is C22H22O. The Hall–Kier alpha value is -1.76. The van der Waals surface area contributed by atoms with Gasteiger partial charge in [-0.15, -0.1) is 0 Å². The Morgan fingerprint density at radius 3 is 2.17 bits per heavy atom. The molecule has 1 heteroatoms. The van der Waals surface area contributed by atoms with Crippen LogP contribution in [0, 0.1) is 23.7 Å². The first kappa shape index (κ1) is 12.6. The molecule has 0 N–H and O–H groups in total. The largest absolute Gasteiger partial charge is 0.456 e. The molecule has 23 heavy (non-hydrogen) atoms. The summed E-state index contributed by atoms with van der Waals surface area (Å²) in [5.41, 5.74) is 3.64. The molecule has 116 valence electrons. The molecule has 4 fully saturated rings. The summed E-state index contributed by atoms with van der Waals surface area (Å²) in [6.07, 6.45) is 7.48. The molecule has 0 amide bonds. The minimum atomic E-state index is 0.806. The summed E-state index contributed by atoms with van der Waals surface area (Å²) in [5, 5.41) is 2.58. The van der Waals surface area contributed by atoms with Crippen molar-refractivity contribution in [3.63, 3.8) is 0 Å². The minimum Gasteiger partial charge on any atom is -0.456 e. The highest BCUT2D eigenvalue weighted by atomic mass is 16.3. The molecule has 4 saturated carbocycles. The lowest BCUT2D eigenvalue weighted by atomic mass is 9.51. The zero-order valence-electron chi connectivity index (χ0n) is 13.4. The first-order valence-corrected chi connectivity index (χ1v) is 9.26. The molecule has 4 bridgehead atoms. The van der Waals surface area contributed by atoms with Gasteiger partial charge in [0.05, 0.1) is 0 Å². The van der Waals surface area contributed by atoms with E-state index in [2.05, 4.69) is 42.5 Å². The fourth-order valence-corrected chi connectivity index (χ4v) is 6.42. The molecule has 1 aromatic heterocycles. The third-order valence-corrected chi connectivity index (χ3v) is 7.01. The number of para-hydroxylation sites is 1. The predicted molar refractivity (Wildman–Crippen MR) is 93.5 cm³/mol. The van der Waals surface area contributed by atoms with E-state index in [1.165, 1.54) is 42.9 Å². The van der Waals surface area contributed by atoms with E-state index in [4.69, 9.17) is 4.42 Å². The van der Waals surface area contributed by atoms with Crippen molar-refractivity contribution >= 4 is 21.9 Å². The average Bonchev–Trinajstić information content (AvgIpc) is 2.92. The van der Waals surface area contributed by atoms with Crippen LogP contribution in [-0.4, -0.2) is 0 Å². The molecular weight excluding hydrogens is 280 g/mol. The fourth-order valence-electron chi connectivity index (χ4n) is 6.42. The van der Waals surface area contributed by atoms with Crippen molar-refractivity contribution < 1.29 is 4.42 Å². The maximum Gasteiger partial charge on any atom is 0.135 e. The minimum absolute atomic E-state index is 0.806. The third-order valence-electron chi connectivity index (χ3n) is 7.01. The van der Waals surface area contributed by atoms with Gasteiger partial charge in [-0.3, -0.25) is 0 Å². The Kier molecular flexibility index (Phi) is 2.42. The monoisotopic (exact) mass is 302 g/mol. The first-order chi connectivity index (χ1) is 11.3. The van der Waals surface area contributed by atoms with E-state index < -0.39 is 0 Å². The van der Waals surface area contributed by atoms with Crippen LogP contribution in [0.5, 0.6) is 0 Å². The van der Waals surface area contributed by atoms with E-state index in [-0.39, 0.29) is 0 Å². The van der Waals surface area contributed by atoms with E-state index >= 15 is 0 Å². The molecule has 0 radical (unpaired) electrons. The fraction of sp³-hybridized carbons (Fsp3) is 0.455. The number of hydrogen-bond donors (Lipinski definition) is 0. The zero-order valence-corrected chi connectivity index (χ0v) is 13.4. The molecule has 0 unspecified atom stereocenters. The summed E-state index contributed by atoms with van der Waals surface area (Å²) in [4.78, 5) is 0. The summed E-state index contributed by atoms with van der Waals surface area (Å²) < 4.78 is 6.01. The number of rotatable bonds is 1. The highest BCUT2D eigenvalue weighted by Crippen LogP contribution is 2.59. The summed E-state index contributed by atoms with van der Waals surface area (Å²) in [7, 11) is 0. The topological polar surface area (TPSA) is 13.1 Å². The van der Waals surface area contributed by atoms with Crippen molar-refractivity contribution in [3.05, 3.63) is 48.0 Å². The van der Waals surface area contributed by atoms with Gasteiger partial charge >= 0.3 is 0 Å². The second-order valence-electron chi connectivity index (χ2n) is 8.31. The Balaban J connectivity index is 1.50. The van der Waals surface area contributed by atoms with Gasteiger partial charge in [0, 0.05) is 10.8 Å². The Morgan fingerprint density at radius 2 is 1.39 bits per heavy atom. The van der Waals surface area contributed by atoms with Gasteiger partial charge in [-0.25, -0.2) is 0 Å². The van der Waals surface area contributed by atoms with Gasteiger partial charge in [0.1, 0.15) is 11.2 Å². The standard InChI is InChI=1S/C22H22O/c1-2-4-20-18(3-1)19-12-15(5-6-21(19)23-20)22-16-8-13-7-14(10-16)11-17(22)9-13/h1-6,12-14,16-17,22H,7-11H2. The summed E-state index contributed by atoms with van der Waals surface area (Å²) in [6, 6.07) is 15.5. The Labute approximate surface area is 136 Å². The molecule has 7 rings (SSSR count). The summed E-state index contributed by atoms with van der Waals surface area (Å²) in [5.74, 6) is 4.80. The van der Waals surface area contributed by atoms with Gasteiger partial charge in [-0.2, -0.15) is 0 Å². The molecule has 0 aliphatic heterocycles. The van der Waals surface area contributed by atoms with E-state index in [9.17, 15) is 0 Å². The van der Waals surface area contributed by atoms with E-state index in [0.29, 0.717) is 0 Å². The van der Waals surface area contributed by atoms with Crippen LogP contribution in [0.4, 0.5) is 0 Å². The van der Waals surface area contributed by atoms with Crippen LogP contribution in [0.15, 0.2) is 46.9 Å². The van der Waals surface area contributed by atoms with Crippen molar-refractivity contribution in [2.75, 3.05) is 0 Å². The highest BCUT2D eigenvalue weighted by molar-refractivity contribution is 6.05. The van der Waals surface area contributed by atoms with Crippen LogP contribution in [0.3, 0.4) is 0 Å². The van der Waals surface area contributed by atoms with Crippen LogP contribution in [0.2, 0.25) is 0 Å². The van der Waals surface area contributed by atoms with Crippen molar-refractivity contribution in [1.29, 1.82) is 0 Å². The quantitative estimate of drug-likeness (QED) is 0.527. The summed E-state index contributed by atoms with van der Waals surface area (Å²) in [6.45, 7) is 0. The lowest BCUT2D eigenvalue weighted by molar-refractivity contribution is -0.00273. The lowest BCUT2D eigenvalue weighted by Gasteiger charge is -2.54. The lowest BCUT2D eigenvalue weighted by Crippen LogP contribution is -2.43. The van der Waals surface area contributed by atoms with Crippen molar-refractivity contribution in [2.24, 2.45) is 23.7 Å². The van der Waals surface area contributed by atoms with Crippen molar-refractivity contribution in [3.8, 4) is 0 Å². The molecule has 0 saturated heterocycles.